The molecule has 0 radical (unpaired) electrons. The molecule has 0 fully saturated rings. The smallest absolute Gasteiger partial charge is 0.353 e. The Morgan fingerprint density at radius 2 is 1.96 bits per heavy atom. The van der Waals surface area contributed by atoms with E-state index >= 15 is 0 Å². The molecule has 0 atom stereocenters. The lowest BCUT2D eigenvalue weighted by Gasteiger charge is -2.15. The van der Waals surface area contributed by atoms with Crippen LogP contribution in [-0.2, 0) is 18.6 Å². The van der Waals surface area contributed by atoms with Crippen LogP contribution < -0.4 is 10.4 Å². The van der Waals surface area contributed by atoms with Crippen LogP contribution in [0.25, 0.3) is 5.69 Å². The van der Waals surface area contributed by atoms with E-state index in [4.69, 9.17) is 4.74 Å². The summed E-state index contributed by atoms with van der Waals surface area (Å²) >= 11 is 1.66. The summed E-state index contributed by atoms with van der Waals surface area (Å²) < 4.78 is 7.05. The van der Waals surface area contributed by atoms with E-state index in [1.165, 1.54) is 11.1 Å². The summed E-state index contributed by atoms with van der Waals surface area (Å²) in [5.74, 6) is 1.56. The van der Waals surface area contributed by atoms with Crippen molar-refractivity contribution in [2.24, 2.45) is 0 Å². The predicted molar refractivity (Wildman–Crippen MR) is 104 cm³/mol. The zero-order chi connectivity index (χ0) is 17.9. The molecule has 0 unspecified atom stereocenters. The molecule has 4 nitrogen and oxygen atoms in total. The van der Waals surface area contributed by atoms with Crippen molar-refractivity contribution in [3.63, 3.8) is 0 Å². The molecule has 0 aliphatic heterocycles. The number of hydrogen-bond acceptors (Lipinski definition) is 4. The molecule has 2 aromatic carbocycles. The minimum atomic E-state index is -0.213. The molecule has 0 N–H and O–H groups in total. The molecule has 0 saturated carbocycles. The lowest BCUT2D eigenvalue weighted by molar-refractivity contribution is 0.414. The normalized spacial score (nSPS) is 12.8. The molecule has 0 bridgehead atoms. The Labute approximate surface area is 156 Å². The number of nitrogens with zero attached hydrogens (tertiary/aromatic N) is 2. The highest BCUT2D eigenvalue weighted by Gasteiger charge is 2.23. The summed E-state index contributed by atoms with van der Waals surface area (Å²) in [5, 5.41) is 0.880. The van der Waals surface area contributed by atoms with Crippen molar-refractivity contribution < 1.29 is 4.74 Å². The number of ether oxygens (including phenoxy) is 1. The maximum atomic E-state index is 12.8. The zero-order valence-electron chi connectivity index (χ0n) is 14.6. The van der Waals surface area contributed by atoms with Crippen LogP contribution in [0.4, 0.5) is 0 Å². The quantitative estimate of drug-likeness (QED) is 0.507. The second-order valence-corrected chi connectivity index (χ2v) is 7.25. The van der Waals surface area contributed by atoms with E-state index in [1.807, 2.05) is 42.5 Å². The van der Waals surface area contributed by atoms with E-state index in [2.05, 4.69) is 17.1 Å². The Kier molecular flexibility index (Phi) is 4.80. The molecule has 1 aromatic heterocycles. The SMILES string of the molecule is COc1cccc(-n2c3c(c(SCc4ccccc4)nc2=O)CCC3)c1. The van der Waals surface area contributed by atoms with Crippen molar-refractivity contribution in [1.82, 2.24) is 9.55 Å². The number of hydrogen-bond donors (Lipinski definition) is 0. The van der Waals surface area contributed by atoms with Crippen molar-refractivity contribution >= 4 is 11.8 Å². The lowest BCUT2D eigenvalue weighted by atomic mass is 10.2. The molecule has 4 rings (SSSR count). The highest BCUT2D eigenvalue weighted by atomic mass is 32.2. The Morgan fingerprint density at radius 3 is 2.77 bits per heavy atom. The highest BCUT2D eigenvalue weighted by Crippen LogP contribution is 2.32. The summed E-state index contributed by atoms with van der Waals surface area (Å²) in [4.78, 5) is 17.2. The van der Waals surface area contributed by atoms with E-state index in [-0.39, 0.29) is 5.69 Å². The van der Waals surface area contributed by atoms with Crippen LogP contribution in [0.3, 0.4) is 0 Å². The molecule has 0 amide bonds. The molecule has 0 spiro atoms. The maximum Gasteiger partial charge on any atom is 0.353 e. The van der Waals surface area contributed by atoms with Gasteiger partial charge in [-0.1, -0.05) is 36.4 Å². The highest BCUT2D eigenvalue weighted by molar-refractivity contribution is 7.98. The van der Waals surface area contributed by atoms with Gasteiger partial charge in [-0.25, -0.2) is 4.79 Å². The van der Waals surface area contributed by atoms with Crippen molar-refractivity contribution in [1.29, 1.82) is 0 Å². The van der Waals surface area contributed by atoms with Crippen LogP contribution in [0.2, 0.25) is 0 Å². The first-order valence-corrected chi connectivity index (χ1v) is 9.71. The number of aromatic nitrogens is 2. The fourth-order valence-electron chi connectivity index (χ4n) is 3.39. The summed E-state index contributed by atoms with van der Waals surface area (Å²) in [6.07, 6.45) is 2.94. The molecule has 0 saturated heterocycles. The summed E-state index contributed by atoms with van der Waals surface area (Å²) in [6.45, 7) is 0. The van der Waals surface area contributed by atoms with E-state index in [9.17, 15) is 4.79 Å². The standard InChI is InChI=1S/C21H20N2O2S/c1-25-17-10-5-9-16(13-17)23-19-12-6-11-18(19)20(22-21(23)24)26-14-15-7-3-2-4-8-15/h2-5,7-10,13H,6,11-12,14H2,1H3. The lowest BCUT2D eigenvalue weighted by Crippen LogP contribution is -2.25. The molecular weight excluding hydrogens is 344 g/mol. The number of thioether (sulfide) groups is 1. The first-order chi connectivity index (χ1) is 12.8. The van der Waals surface area contributed by atoms with E-state index in [1.54, 1.807) is 23.4 Å². The third kappa shape index (κ3) is 3.27. The van der Waals surface area contributed by atoms with Crippen molar-refractivity contribution in [3.8, 4) is 11.4 Å². The second kappa shape index (κ2) is 7.38. The number of methoxy groups -OCH3 is 1. The fraction of sp³-hybridized carbons (Fsp3) is 0.238. The van der Waals surface area contributed by atoms with Crippen molar-refractivity contribution in [2.75, 3.05) is 7.11 Å². The van der Waals surface area contributed by atoms with Crippen LogP contribution >= 0.6 is 11.8 Å². The van der Waals surface area contributed by atoms with Gasteiger partial charge in [0.15, 0.2) is 0 Å². The number of fused-ring (bicyclic) bond motifs is 1. The molecular formula is C21H20N2O2S. The van der Waals surface area contributed by atoms with Gasteiger partial charge in [0, 0.05) is 23.1 Å². The van der Waals surface area contributed by atoms with Crippen molar-refractivity contribution in [3.05, 3.63) is 81.9 Å². The van der Waals surface area contributed by atoms with Crippen LogP contribution in [0, 0.1) is 0 Å². The molecule has 1 heterocycles. The van der Waals surface area contributed by atoms with Gasteiger partial charge >= 0.3 is 5.69 Å². The van der Waals surface area contributed by atoms with Crippen LogP contribution in [-0.4, -0.2) is 16.7 Å². The predicted octanol–water partition coefficient (Wildman–Crippen LogP) is 4.02. The first kappa shape index (κ1) is 16.9. The van der Waals surface area contributed by atoms with Crippen LogP contribution in [0.15, 0.2) is 64.4 Å². The zero-order valence-corrected chi connectivity index (χ0v) is 15.5. The Balaban J connectivity index is 1.72. The molecule has 26 heavy (non-hydrogen) atoms. The summed E-state index contributed by atoms with van der Waals surface area (Å²) in [5.41, 5.74) is 4.15. The average molecular weight is 364 g/mol. The molecule has 3 aromatic rings. The summed E-state index contributed by atoms with van der Waals surface area (Å²) in [7, 11) is 1.63. The van der Waals surface area contributed by atoms with E-state index in [0.29, 0.717) is 0 Å². The number of rotatable bonds is 5. The Hall–Kier alpha value is -2.53. The largest absolute Gasteiger partial charge is 0.497 e. The van der Waals surface area contributed by atoms with Gasteiger partial charge in [-0.3, -0.25) is 4.57 Å². The molecule has 132 valence electrons. The van der Waals surface area contributed by atoms with E-state index < -0.39 is 0 Å². The summed E-state index contributed by atoms with van der Waals surface area (Å²) in [6, 6.07) is 17.9. The molecule has 5 heteroatoms. The van der Waals surface area contributed by atoms with Gasteiger partial charge in [0.25, 0.3) is 0 Å². The van der Waals surface area contributed by atoms with Gasteiger partial charge in [0.2, 0.25) is 0 Å². The van der Waals surface area contributed by atoms with E-state index in [0.717, 1.165) is 47.2 Å². The van der Waals surface area contributed by atoms with Gasteiger partial charge in [-0.15, -0.1) is 11.8 Å². The third-order valence-corrected chi connectivity index (χ3v) is 5.72. The Bertz CT molecular complexity index is 983. The topological polar surface area (TPSA) is 44.1 Å². The monoisotopic (exact) mass is 364 g/mol. The van der Waals surface area contributed by atoms with Crippen molar-refractivity contribution in [2.45, 2.75) is 30.0 Å². The molecule has 1 aliphatic rings. The fourth-order valence-corrected chi connectivity index (χ4v) is 4.42. The van der Waals surface area contributed by atoms with Gasteiger partial charge in [-0.2, -0.15) is 4.98 Å². The maximum absolute atomic E-state index is 12.8. The van der Waals surface area contributed by atoms with Crippen LogP contribution in [0.1, 0.15) is 23.2 Å². The second-order valence-electron chi connectivity index (χ2n) is 6.29. The van der Waals surface area contributed by atoms with Gasteiger partial charge in [0.05, 0.1) is 12.8 Å². The minimum Gasteiger partial charge on any atom is -0.497 e. The first-order valence-electron chi connectivity index (χ1n) is 8.72. The molecule has 1 aliphatic carbocycles. The van der Waals surface area contributed by atoms with Gasteiger partial charge in [-0.05, 0) is 37.0 Å². The average Bonchev–Trinajstić information content (AvgIpc) is 3.16. The van der Waals surface area contributed by atoms with Gasteiger partial charge in [0.1, 0.15) is 10.8 Å². The Morgan fingerprint density at radius 1 is 1.12 bits per heavy atom. The van der Waals surface area contributed by atoms with Crippen LogP contribution in [0.5, 0.6) is 5.75 Å². The minimum absolute atomic E-state index is 0.213. The third-order valence-electron chi connectivity index (χ3n) is 4.64. The van der Waals surface area contributed by atoms with Gasteiger partial charge < -0.3 is 4.74 Å². The number of benzene rings is 2.